The summed E-state index contributed by atoms with van der Waals surface area (Å²) < 4.78 is 0. The number of rotatable bonds is 5. The molecule has 1 aliphatic rings. The van der Waals surface area contributed by atoms with Crippen LogP contribution in [0.25, 0.3) is 0 Å². The van der Waals surface area contributed by atoms with E-state index in [4.69, 9.17) is 0 Å². The van der Waals surface area contributed by atoms with Crippen LogP contribution >= 0.6 is 22.7 Å². The fourth-order valence-corrected chi connectivity index (χ4v) is 4.88. The van der Waals surface area contributed by atoms with Crippen LogP contribution < -0.4 is 0 Å². The minimum atomic E-state index is 0.104. The second-order valence-corrected chi connectivity index (χ2v) is 8.07. The first kappa shape index (κ1) is 16.6. The molecule has 1 unspecified atom stereocenters. The fraction of sp³-hybridized carbons (Fsp3) is 0.444. The number of ketones is 2. The number of carbonyl (C=O) groups excluding carboxylic acids is 2. The molecule has 2 aromatic heterocycles. The lowest BCUT2D eigenvalue weighted by Gasteiger charge is -2.31. The van der Waals surface area contributed by atoms with Crippen LogP contribution in [0.4, 0.5) is 0 Å². The van der Waals surface area contributed by atoms with Gasteiger partial charge in [0.25, 0.3) is 0 Å². The lowest BCUT2D eigenvalue weighted by atomic mass is 9.92. The number of hydrogen-bond donors (Lipinski definition) is 0. The van der Waals surface area contributed by atoms with Crippen LogP contribution in [0.15, 0.2) is 22.9 Å². The Balaban J connectivity index is 1.65. The molecule has 0 radical (unpaired) electrons. The van der Waals surface area contributed by atoms with Gasteiger partial charge in [-0.25, -0.2) is 0 Å². The maximum Gasteiger partial charge on any atom is 0.177 e. The van der Waals surface area contributed by atoms with Crippen molar-refractivity contribution in [1.82, 2.24) is 4.90 Å². The molecule has 122 valence electrons. The summed E-state index contributed by atoms with van der Waals surface area (Å²) in [7, 11) is 0. The highest BCUT2D eigenvalue weighted by atomic mass is 32.1. The van der Waals surface area contributed by atoms with Gasteiger partial charge in [-0.1, -0.05) is 0 Å². The third kappa shape index (κ3) is 3.79. The van der Waals surface area contributed by atoms with E-state index in [1.54, 1.807) is 18.3 Å². The predicted molar refractivity (Wildman–Crippen MR) is 95.7 cm³/mol. The Kier molecular flexibility index (Phi) is 5.09. The molecule has 3 rings (SSSR count). The Morgan fingerprint density at radius 1 is 1.35 bits per heavy atom. The average molecular weight is 348 g/mol. The number of aryl methyl sites for hydroxylation is 1. The molecule has 0 bridgehead atoms. The fourth-order valence-electron chi connectivity index (χ4n) is 3.13. The van der Waals surface area contributed by atoms with E-state index in [1.165, 1.54) is 16.9 Å². The van der Waals surface area contributed by atoms with Gasteiger partial charge in [0.2, 0.25) is 0 Å². The van der Waals surface area contributed by atoms with Crippen molar-refractivity contribution in [3.05, 3.63) is 43.8 Å². The van der Waals surface area contributed by atoms with Gasteiger partial charge in [0.1, 0.15) is 0 Å². The molecular formula is C18H21NO2S2. The topological polar surface area (TPSA) is 37.4 Å². The molecule has 0 N–H and O–H groups in total. The first-order valence-electron chi connectivity index (χ1n) is 7.93. The van der Waals surface area contributed by atoms with Crippen molar-refractivity contribution >= 4 is 34.2 Å². The number of thiophene rings is 2. The highest BCUT2D eigenvalue weighted by Crippen LogP contribution is 2.27. The van der Waals surface area contributed by atoms with Crippen molar-refractivity contribution in [2.75, 3.05) is 13.1 Å². The first-order chi connectivity index (χ1) is 11.0. The summed E-state index contributed by atoms with van der Waals surface area (Å²) >= 11 is 3.07. The second kappa shape index (κ2) is 7.07. The highest BCUT2D eigenvalue weighted by molar-refractivity contribution is 7.12. The Morgan fingerprint density at radius 2 is 2.17 bits per heavy atom. The van der Waals surface area contributed by atoms with E-state index in [9.17, 15) is 9.59 Å². The summed E-state index contributed by atoms with van der Waals surface area (Å²) in [4.78, 5) is 28.2. The van der Waals surface area contributed by atoms with Gasteiger partial charge >= 0.3 is 0 Å². The average Bonchev–Trinajstić information content (AvgIpc) is 3.16. The lowest BCUT2D eigenvalue weighted by molar-refractivity contribution is 0.0815. The standard InChI is InChI=1S/C18H21NO2S2/c1-12-5-7-22-18(12)17(21)15-4-3-6-19(10-15)9-14-8-16(13(2)20)23-11-14/h5,7-8,11,15H,3-4,6,9-10H2,1-2H3. The van der Waals surface area contributed by atoms with Crippen molar-refractivity contribution in [3.63, 3.8) is 0 Å². The molecule has 0 saturated carbocycles. The van der Waals surface area contributed by atoms with Crippen LogP contribution in [0.5, 0.6) is 0 Å². The van der Waals surface area contributed by atoms with Gasteiger partial charge in [-0.05, 0) is 67.3 Å². The third-order valence-electron chi connectivity index (χ3n) is 4.37. The van der Waals surface area contributed by atoms with Crippen LogP contribution in [0.3, 0.4) is 0 Å². The molecule has 3 heterocycles. The molecule has 0 amide bonds. The zero-order valence-electron chi connectivity index (χ0n) is 13.5. The van der Waals surface area contributed by atoms with E-state index in [1.807, 2.05) is 24.4 Å². The predicted octanol–water partition coefficient (Wildman–Crippen LogP) is 4.42. The Bertz CT molecular complexity index is 716. The summed E-state index contributed by atoms with van der Waals surface area (Å²) in [6.07, 6.45) is 2.04. The first-order valence-corrected chi connectivity index (χ1v) is 9.69. The number of carbonyl (C=O) groups is 2. The van der Waals surface area contributed by atoms with Crippen molar-refractivity contribution in [2.45, 2.75) is 33.2 Å². The molecule has 2 aromatic rings. The van der Waals surface area contributed by atoms with Gasteiger partial charge in [0.05, 0.1) is 9.75 Å². The SMILES string of the molecule is CC(=O)c1cc(CN2CCCC(C(=O)c3sccc3C)C2)cs1. The molecule has 0 aromatic carbocycles. The van der Waals surface area contributed by atoms with E-state index < -0.39 is 0 Å². The van der Waals surface area contributed by atoms with Crippen molar-refractivity contribution in [2.24, 2.45) is 5.92 Å². The van der Waals surface area contributed by atoms with Gasteiger partial charge in [0.15, 0.2) is 11.6 Å². The van der Waals surface area contributed by atoms with Gasteiger partial charge in [0, 0.05) is 19.0 Å². The van der Waals surface area contributed by atoms with E-state index in [0.29, 0.717) is 5.78 Å². The molecule has 0 spiro atoms. The normalized spacial score (nSPS) is 19.0. The monoisotopic (exact) mass is 347 g/mol. The van der Waals surface area contributed by atoms with Crippen LogP contribution in [-0.2, 0) is 6.54 Å². The molecule has 0 aliphatic carbocycles. The summed E-state index contributed by atoms with van der Waals surface area (Å²) in [5, 5.41) is 4.06. The Morgan fingerprint density at radius 3 is 2.83 bits per heavy atom. The quantitative estimate of drug-likeness (QED) is 0.752. The minimum absolute atomic E-state index is 0.104. The maximum atomic E-state index is 12.7. The number of Topliss-reactive ketones (excluding diaryl/α,β-unsaturated/α-hetero) is 2. The van der Waals surface area contributed by atoms with Gasteiger partial charge < -0.3 is 0 Å². The largest absolute Gasteiger partial charge is 0.298 e. The molecule has 3 nitrogen and oxygen atoms in total. The van der Waals surface area contributed by atoms with Gasteiger partial charge in [-0.3, -0.25) is 14.5 Å². The molecule has 23 heavy (non-hydrogen) atoms. The molecule has 1 aliphatic heterocycles. The number of likely N-dealkylation sites (tertiary alicyclic amines) is 1. The zero-order valence-corrected chi connectivity index (χ0v) is 15.1. The van der Waals surface area contributed by atoms with E-state index in [-0.39, 0.29) is 11.7 Å². The van der Waals surface area contributed by atoms with Crippen LogP contribution in [-0.4, -0.2) is 29.6 Å². The summed E-state index contributed by atoms with van der Waals surface area (Å²) in [5.41, 5.74) is 2.28. The molecular weight excluding hydrogens is 326 g/mol. The second-order valence-electron chi connectivity index (χ2n) is 6.25. The maximum absolute atomic E-state index is 12.7. The van der Waals surface area contributed by atoms with E-state index >= 15 is 0 Å². The van der Waals surface area contributed by atoms with Crippen LogP contribution in [0, 0.1) is 12.8 Å². The molecule has 5 heteroatoms. The highest BCUT2D eigenvalue weighted by Gasteiger charge is 2.28. The summed E-state index contributed by atoms with van der Waals surface area (Å²) in [6.45, 7) is 6.30. The van der Waals surface area contributed by atoms with E-state index in [2.05, 4.69) is 10.3 Å². The Hall–Kier alpha value is -1.30. The van der Waals surface area contributed by atoms with Crippen LogP contribution in [0.1, 0.15) is 50.2 Å². The summed E-state index contributed by atoms with van der Waals surface area (Å²) in [6, 6.07) is 4.01. The molecule has 1 fully saturated rings. The molecule has 1 atom stereocenters. The smallest absolute Gasteiger partial charge is 0.177 e. The Labute approximate surface area is 144 Å². The number of nitrogens with zero attached hydrogens (tertiary/aromatic N) is 1. The van der Waals surface area contributed by atoms with Gasteiger partial charge in [-0.2, -0.15) is 0 Å². The minimum Gasteiger partial charge on any atom is -0.298 e. The number of hydrogen-bond acceptors (Lipinski definition) is 5. The van der Waals surface area contributed by atoms with Crippen molar-refractivity contribution in [1.29, 1.82) is 0 Å². The van der Waals surface area contributed by atoms with E-state index in [0.717, 1.165) is 47.8 Å². The van der Waals surface area contributed by atoms with Crippen molar-refractivity contribution in [3.8, 4) is 0 Å². The molecule has 1 saturated heterocycles. The number of piperidine rings is 1. The lowest BCUT2D eigenvalue weighted by Crippen LogP contribution is -2.38. The van der Waals surface area contributed by atoms with Crippen molar-refractivity contribution < 1.29 is 9.59 Å². The van der Waals surface area contributed by atoms with Crippen LogP contribution in [0.2, 0.25) is 0 Å². The van der Waals surface area contributed by atoms with Gasteiger partial charge in [-0.15, -0.1) is 22.7 Å². The third-order valence-corrected chi connectivity index (χ3v) is 6.48. The zero-order chi connectivity index (χ0) is 16.4. The summed E-state index contributed by atoms with van der Waals surface area (Å²) in [5.74, 6) is 0.532.